The first kappa shape index (κ1) is 24.7. The van der Waals surface area contributed by atoms with Crippen LogP contribution in [0.2, 0.25) is 0 Å². The van der Waals surface area contributed by atoms with Crippen molar-refractivity contribution in [3.8, 4) is 0 Å². The Morgan fingerprint density at radius 2 is 1.89 bits per heavy atom. The first-order valence-corrected chi connectivity index (χ1v) is 12.6. The number of nitrogens with one attached hydrogen (secondary N) is 3. The molecule has 1 aliphatic rings. The zero-order valence-electron chi connectivity index (χ0n) is 19.1. The van der Waals surface area contributed by atoms with E-state index >= 15 is 0 Å². The molecule has 0 fully saturated rings. The maximum atomic E-state index is 13.6. The van der Waals surface area contributed by atoms with E-state index in [1.807, 2.05) is 6.92 Å². The van der Waals surface area contributed by atoms with Crippen LogP contribution in [0, 0.1) is 28.1 Å². The van der Waals surface area contributed by atoms with E-state index in [9.17, 15) is 22.2 Å². The van der Waals surface area contributed by atoms with Gasteiger partial charge < -0.3 is 9.88 Å². The van der Waals surface area contributed by atoms with Crippen LogP contribution in [0.25, 0.3) is 6.08 Å². The van der Waals surface area contributed by atoms with Gasteiger partial charge in [0.25, 0.3) is 5.91 Å². The van der Waals surface area contributed by atoms with Crippen molar-refractivity contribution in [2.45, 2.75) is 30.7 Å². The van der Waals surface area contributed by atoms with Crippen molar-refractivity contribution in [2.24, 2.45) is 13.0 Å². The van der Waals surface area contributed by atoms with Gasteiger partial charge in [-0.1, -0.05) is 31.2 Å². The molecule has 0 saturated carbocycles. The van der Waals surface area contributed by atoms with Crippen LogP contribution in [0.3, 0.4) is 0 Å². The molecule has 0 radical (unpaired) electrons. The Bertz CT molecular complexity index is 1400. The summed E-state index contributed by atoms with van der Waals surface area (Å²) in [5, 5.41) is 2.53. The van der Waals surface area contributed by atoms with Gasteiger partial charge in [0.2, 0.25) is 0 Å². The van der Waals surface area contributed by atoms with Crippen LogP contribution in [0.4, 0.5) is 18.9 Å². The monoisotopic (exact) mass is 502 g/mol. The highest BCUT2D eigenvalue weighted by Gasteiger charge is 2.30. The largest absolute Gasteiger partial charge is 0.345 e. The topological polar surface area (TPSA) is 87.0 Å². The van der Waals surface area contributed by atoms with E-state index in [0.717, 1.165) is 17.7 Å². The number of amides is 1. The Morgan fingerprint density at radius 1 is 1.17 bits per heavy atom. The van der Waals surface area contributed by atoms with Gasteiger partial charge in [0, 0.05) is 36.6 Å². The summed E-state index contributed by atoms with van der Waals surface area (Å²) >= 11 is 0. The van der Waals surface area contributed by atoms with E-state index in [-0.39, 0.29) is 28.0 Å². The smallest absolute Gasteiger partial charge is 0.272 e. The number of carbonyl (C=O) groups is 1. The van der Waals surface area contributed by atoms with Gasteiger partial charge in [-0.3, -0.25) is 4.79 Å². The molecule has 184 valence electrons. The van der Waals surface area contributed by atoms with E-state index < -0.39 is 33.5 Å². The van der Waals surface area contributed by atoms with Gasteiger partial charge in [-0.15, -0.1) is 0 Å². The van der Waals surface area contributed by atoms with Crippen molar-refractivity contribution < 1.29 is 22.2 Å². The second kappa shape index (κ2) is 9.71. The molecule has 2 aromatic carbocycles. The van der Waals surface area contributed by atoms with Gasteiger partial charge in [-0.25, -0.2) is 26.9 Å². The van der Waals surface area contributed by atoms with Gasteiger partial charge in [-0.05, 0) is 48.6 Å². The number of aryl methyl sites for hydroxylation is 2. The molecule has 0 saturated heterocycles. The molecular formula is C25H25F3N4O2S. The summed E-state index contributed by atoms with van der Waals surface area (Å²) in [5.74, 6) is -3.05. The number of carbonyl (C=O) groups excluding carboxylic acids is 1. The van der Waals surface area contributed by atoms with Crippen molar-refractivity contribution >= 4 is 27.6 Å². The van der Waals surface area contributed by atoms with Gasteiger partial charge in [0.1, 0.15) is 21.4 Å². The van der Waals surface area contributed by atoms with E-state index in [1.165, 1.54) is 29.0 Å². The molecule has 3 aromatic rings. The standard InChI is InChI=1S/C25H25F3N4O2S/c1-15(3-4-16-5-7-17(26)8-6-16)22-12-10-19-23(35(29,34)31-22)14-32(2)24(19)25(33)30-18-9-11-20(27)21(28)13-18/h5-15,22H,3-4H2,1-2H3,(H,30,33)(H2,29,31,34)/t15-,22?,35?/m0/s1. The third kappa shape index (κ3) is 5.33. The van der Waals surface area contributed by atoms with Gasteiger partial charge in [0.15, 0.2) is 11.6 Å². The van der Waals surface area contributed by atoms with Crippen LogP contribution in [0.15, 0.2) is 59.6 Å². The lowest BCUT2D eigenvalue weighted by Gasteiger charge is -2.22. The number of anilines is 1. The molecule has 1 aromatic heterocycles. The molecule has 6 nitrogen and oxygen atoms in total. The Morgan fingerprint density at radius 3 is 2.57 bits per heavy atom. The van der Waals surface area contributed by atoms with E-state index in [1.54, 1.807) is 31.3 Å². The summed E-state index contributed by atoms with van der Waals surface area (Å²) in [6.07, 6.45) is 6.30. The quantitative estimate of drug-likeness (QED) is 0.429. The average molecular weight is 503 g/mol. The molecule has 35 heavy (non-hydrogen) atoms. The third-order valence-electron chi connectivity index (χ3n) is 6.07. The van der Waals surface area contributed by atoms with Crippen LogP contribution in [-0.2, 0) is 23.4 Å². The minimum Gasteiger partial charge on any atom is -0.345 e. The minimum absolute atomic E-state index is 0.0142. The summed E-state index contributed by atoms with van der Waals surface area (Å²) in [4.78, 5) is 13.2. The second-order valence-electron chi connectivity index (χ2n) is 8.65. The fourth-order valence-corrected chi connectivity index (χ4v) is 5.68. The first-order valence-electron chi connectivity index (χ1n) is 11.0. The lowest BCUT2D eigenvalue weighted by molar-refractivity contribution is 0.101. The number of rotatable bonds is 6. The van der Waals surface area contributed by atoms with Crippen molar-refractivity contribution in [3.63, 3.8) is 0 Å². The lowest BCUT2D eigenvalue weighted by atomic mass is 9.94. The van der Waals surface area contributed by atoms with Crippen molar-refractivity contribution in [2.75, 3.05) is 5.32 Å². The maximum Gasteiger partial charge on any atom is 0.272 e. The number of fused-ring (bicyclic) bond motifs is 1. The zero-order chi connectivity index (χ0) is 25.3. The number of hydrogen-bond donors (Lipinski definition) is 3. The van der Waals surface area contributed by atoms with Crippen LogP contribution in [0.1, 0.15) is 35.0 Å². The van der Waals surface area contributed by atoms with E-state index in [4.69, 9.17) is 4.78 Å². The molecule has 1 aliphatic heterocycles. The molecule has 2 heterocycles. The number of benzene rings is 2. The molecular weight excluding hydrogens is 477 g/mol. The second-order valence-corrected chi connectivity index (χ2v) is 10.4. The molecule has 10 heteroatoms. The molecule has 3 N–H and O–H groups in total. The molecule has 2 unspecified atom stereocenters. The van der Waals surface area contributed by atoms with Gasteiger partial charge in [-0.2, -0.15) is 0 Å². The number of hydrogen-bond acceptors (Lipinski definition) is 3. The highest BCUT2D eigenvalue weighted by Crippen LogP contribution is 2.29. The summed E-state index contributed by atoms with van der Waals surface area (Å²) in [7, 11) is -1.87. The third-order valence-corrected chi connectivity index (χ3v) is 7.62. The number of nitrogens with zero attached hydrogens (tertiary/aromatic N) is 1. The van der Waals surface area contributed by atoms with Crippen molar-refractivity contribution in [1.29, 1.82) is 4.78 Å². The SMILES string of the molecule is C[C@@H](CCc1ccc(F)cc1)C1C=Cc2c(cn(C)c2C(=O)Nc2ccc(F)c(F)c2)S(=N)(=O)N1. The predicted molar refractivity (Wildman–Crippen MR) is 129 cm³/mol. The van der Waals surface area contributed by atoms with E-state index in [0.29, 0.717) is 18.4 Å². The summed E-state index contributed by atoms with van der Waals surface area (Å²) in [6, 6.07) is 8.88. The fraction of sp³-hybridized carbons (Fsp3) is 0.240. The van der Waals surface area contributed by atoms with Crippen LogP contribution >= 0.6 is 0 Å². The van der Waals surface area contributed by atoms with Crippen LogP contribution in [-0.4, -0.2) is 20.7 Å². The summed E-state index contributed by atoms with van der Waals surface area (Å²) in [6.45, 7) is 1.97. The first-order chi connectivity index (χ1) is 16.5. The van der Waals surface area contributed by atoms with Crippen molar-refractivity contribution in [3.05, 3.63) is 89.0 Å². The number of aromatic nitrogens is 1. The Hall–Kier alpha value is -3.37. The van der Waals surface area contributed by atoms with Crippen LogP contribution in [0.5, 0.6) is 0 Å². The van der Waals surface area contributed by atoms with Crippen molar-refractivity contribution in [1.82, 2.24) is 9.29 Å². The normalized spacial score (nSPS) is 20.2. The Kier molecular flexibility index (Phi) is 6.86. The Balaban J connectivity index is 1.57. The fourth-order valence-electron chi connectivity index (χ4n) is 4.08. The lowest BCUT2D eigenvalue weighted by Crippen LogP contribution is -2.36. The molecule has 1 amide bonds. The van der Waals surface area contributed by atoms with Crippen LogP contribution < -0.4 is 10.0 Å². The highest BCUT2D eigenvalue weighted by atomic mass is 32.2. The molecule has 3 atom stereocenters. The highest BCUT2D eigenvalue weighted by molar-refractivity contribution is 7.90. The summed E-state index contributed by atoms with van der Waals surface area (Å²) in [5.41, 5.74) is 1.51. The maximum absolute atomic E-state index is 13.6. The molecule has 0 bridgehead atoms. The number of halogens is 3. The predicted octanol–water partition coefficient (Wildman–Crippen LogP) is 5.27. The average Bonchev–Trinajstić information content (AvgIpc) is 3.09. The van der Waals surface area contributed by atoms with Gasteiger partial charge in [0.05, 0.1) is 4.90 Å². The van der Waals surface area contributed by atoms with E-state index in [2.05, 4.69) is 10.0 Å². The minimum atomic E-state index is -3.45. The molecule has 0 aliphatic carbocycles. The Labute approximate surface area is 202 Å². The van der Waals surface area contributed by atoms with Gasteiger partial charge >= 0.3 is 0 Å². The zero-order valence-corrected chi connectivity index (χ0v) is 20.0. The molecule has 0 spiro atoms. The summed E-state index contributed by atoms with van der Waals surface area (Å²) < 4.78 is 66.1. The molecule has 4 rings (SSSR count).